The van der Waals surface area contributed by atoms with E-state index in [0.717, 1.165) is 18.1 Å². The molecular weight excluding hydrogens is 222 g/mol. The van der Waals surface area contributed by atoms with E-state index in [0.29, 0.717) is 11.5 Å². The van der Waals surface area contributed by atoms with Crippen LogP contribution < -0.4 is 0 Å². The molecule has 1 atom stereocenters. The van der Waals surface area contributed by atoms with Crippen molar-refractivity contribution in [1.82, 2.24) is 0 Å². The summed E-state index contributed by atoms with van der Waals surface area (Å²) in [5.74, 6) is 0. The molecule has 1 aromatic rings. The summed E-state index contributed by atoms with van der Waals surface area (Å²) in [7, 11) is 0. The number of nitrogens with zero attached hydrogens (tertiary/aromatic N) is 1. The van der Waals surface area contributed by atoms with Crippen molar-refractivity contribution in [2.45, 2.75) is 30.7 Å². The number of aliphatic imine (C=N–C) groups is 1. The van der Waals surface area contributed by atoms with Crippen LogP contribution in [0.1, 0.15) is 24.8 Å². The molecule has 2 nitrogen and oxygen atoms in total. The number of benzene rings is 1. The van der Waals surface area contributed by atoms with Gasteiger partial charge in [0.05, 0.1) is 6.04 Å². The first-order chi connectivity index (χ1) is 7.78. The van der Waals surface area contributed by atoms with Gasteiger partial charge in [-0.25, -0.2) is 0 Å². The molecule has 84 valence electrons. The minimum Gasteiger partial charge on any atom is -0.481 e. The molecule has 1 aromatic carbocycles. The highest BCUT2D eigenvalue weighted by Crippen LogP contribution is 2.52. The zero-order valence-corrected chi connectivity index (χ0v) is 9.78. The molecule has 0 spiro atoms. The Bertz CT molecular complexity index is 408. The van der Waals surface area contributed by atoms with Gasteiger partial charge in [-0.3, -0.25) is 4.99 Å². The second-order valence-electron chi connectivity index (χ2n) is 4.73. The van der Waals surface area contributed by atoms with Crippen LogP contribution in [0.2, 0.25) is 5.02 Å². The van der Waals surface area contributed by atoms with Crippen LogP contribution in [0.3, 0.4) is 0 Å². The molecule has 0 N–H and O–H groups in total. The van der Waals surface area contributed by atoms with Crippen molar-refractivity contribution in [3.05, 3.63) is 34.9 Å². The topological polar surface area (TPSA) is 21.6 Å². The number of hydrogen-bond donors (Lipinski definition) is 0. The maximum absolute atomic E-state index is 5.91. The van der Waals surface area contributed by atoms with Gasteiger partial charge < -0.3 is 4.74 Å². The van der Waals surface area contributed by atoms with E-state index in [1.165, 1.54) is 18.4 Å². The SMILES string of the molecule is Clc1ccc(C2(CC3COC=N3)CC2)cc1. The van der Waals surface area contributed by atoms with Crippen LogP contribution in [0.4, 0.5) is 0 Å². The van der Waals surface area contributed by atoms with Crippen LogP contribution in [0.15, 0.2) is 29.3 Å². The Hall–Kier alpha value is -1.02. The molecule has 2 aliphatic rings. The summed E-state index contributed by atoms with van der Waals surface area (Å²) in [6, 6.07) is 8.60. The van der Waals surface area contributed by atoms with Crippen LogP contribution in [0, 0.1) is 0 Å². The van der Waals surface area contributed by atoms with Gasteiger partial charge in [0.15, 0.2) is 6.40 Å². The lowest BCUT2D eigenvalue weighted by atomic mass is 9.89. The lowest BCUT2D eigenvalue weighted by molar-refractivity contribution is 0.312. The fourth-order valence-corrected chi connectivity index (χ4v) is 2.58. The molecule has 16 heavy (non-hydrogen) atoms. The zero-order valence-electron chi connectivity index (χ0n) is 9.03. The van der Waals surface area contributed by atoms with Gasteiger partial charge in [0.2, 0.25) is 0 Å². The van der Waals surface area contributed by atoms with Crippen LogP contribution in [-0.2, 0) is 10.2 Å². The quantitative estimate of drug-likeness (QED) is 0.789. The van der Waals surface area contributed by atoms with Gasteiger partial charge in [-0.15, -0.1) is 0 Å². The van der Waals surface area contributed by atoms with Crippen molar-refractivity contribution in [1.29, 1.82) is 0 Å². The highest BCUT2D eigenvalue weighted by Gasteiger charge is 2.45. The third-order valence-corrected chi connectivity index (χ3v) is 3.82. The average Bonchev–Trinajstić information content (AvgIpc) is 2.88. The molecule has 0 saturated heterocycles. The second-order valence-corrected chi connectivity index (χ2v) is 5.17. The first-order valence-electron chi connectivity index (χ1n) is 5.68. The summed E-state index contributed by atoms with van der Waals surface area (Å²) in [6.07, 6.45) is 5.22. The smallest absolute Gasteiger partial charge is 0.169 e. The van der Waals surface area contributed by atoms with Gasteiger partial charge in [-0.05, 0) is 42.4 Å². The molecule has 1 heterocycles. The molecule has 1 unspecified atom stereocenters. The minimum atomic E-state index is 0.346. The van der Waals surface area contributed by atoms with Gasteiger partial charge in [0.1, 0.15) is 6.61 Å². The van der Waals surface area contributed by atoms with Gasteiger partial charge >= 0.3 is 0 Å². The molecule has 1 aliphatic carbocycles. The molecule has 0 aromatic heterocycles. The molecule has 1 saturated carbocycles. The number of halogens is 1. The van der Waals surface area contributed by atoms with Crippen molar-refractivity contribution >= 4 is 18.0 Å². The molecule has 3 rings (SSSR count). The lowest BCUT2D eigenvalue weighted by Gasteiger charge is -2.17. The largest absolute Gasteiger partial charge is 0.481 e. The number of rotatable bonds is 3. The maximum atomic E-state index is 5.91. The maximum Gasteiger partial charge on any atom is 0.169 e. The highest BCUT2D eigenvalue weighted by molar-refractivity contribution is 6.30. The van der Waals surface area contributed by atoms with Crippen molar-refractivity contribution in [3.63, 3.8) is 0 Å². The molecule has 1 fully saturated rings. The molecular formula is C13H14ClNO. The summed E-state index contributed by atoms with van der Waals surface area (Å²) in [5, 5.41) is 0.807. The summed E-state index contributed by atoms with van der Waals surface area (Å²) in [5.41, 5.74) is 1.75. The van der Waals surface area contributed by atoms with E-state index in [4.69, 9.17) is 16.3 Å². The molecule has 3 heteroatoms. The normalized spacial score (nSPS) is 25.4. The lowest BCUT2D eigenvalue weighted by Crippen LogP contribution is -2.17. The third-order valence-electron chi connectivity index (χ3n) is 3.57. The molecule has 1 aliphatic heterocycles. The van der Waals surface area contributed by atoms with Crippen LogP contribution in [0.25, 0.3) is 0 Å². The van der Waals surface area contributed by atoms with Crippen LogP contribution in [0.5, 0.6) is 0 Å². The Balaban J connectivity index is 1.77. The molecule has 0 bridgehead atoms. The number of ether oxygens (including phenoxy) is 1. The van der Waals surface area contributed by atoms with Gasteiger partial charge in [0.25, 0.3) is 0 Å². The summed E-state index contributed by atoms with van der Waals surface area (Å²) in [6.45, 7) is 0.745. The van der Waals surface area contributed by atoms with E-state index in [-0.39, 0.29) is 0 Å². The van der Waals surface area contributed by atoms with Crippen molar-refractivity contribution < 1.29 is 4.74 Å². The second kappa shape index (κ2) is 3.77. The monoisotopic (exact) mass is 235 g/mol. The summed E-state index contributed by atoms with van der Waals surface area (Å²) < 4.78 is 5.17. The Kier molecular flexibility index (Phi) is 2.40. The Morgan fingerprint density at radius 1 is 1.31 bits per heavy atom. The summed E-state index contributed by atoms with van der Waals surface area (Å²) in [4.78, 5) is 4.33. The van der Waals surface area contributed by atoms with Gasteiger partial charge in [-0.2, -0.15) is 0 Å². The number of hydrogen-bond acceptors (Lipinski definition) is 2. The Morgan fingerprint density at radius 2 is 2.06 bits per heavy atom. The van der Waals surface area contributed by atoms with E-state index < -0.39 is 0 Å². The van der Waals surface area contributed by atoms with Crippen LogP contribution in [-0.4, -0.2) is 19.0 Å². The van der Waals surface area contributed by atoms with Crippen molar-refractivity contribution in [2.24, 2.45) is 4.99 Å². The van der Waals surface area contributed by atoms with E-state index in [1.807, 2.05) is 12.1 Å². The highest BCUT2D eigenvalue weighted by atomic mass is 35.5. The first-order valence-corrected chi connectivity index (χ1v) is 6.06. The Morgan fingerprint density at radius 3 is 2.62 bits per heavy atom. The predicted molar refractivity (Wildman–Crippen MR) is 65.2 cm³/mol. The third kappa shape index (κ3) is 1.82. The van der Waals surface area contributed by atoms with Crippen LogP contribution >= 0.6 is 11.6 Å². The molecule has 0 amide bonds. The first kappa shape index (κ1) is 10.2. The van der Waals surface area contributed by atoms with E-state index in [9.17, 15) is 0 Å². The fraction of sp³-hybridized carbons (Fsp3) is 0.462. The Labute approximate surface area is 100 Å². The van der Waals surface area contributed by atoms with E-state index in [1.54, 1.807) is 6.40 Å². The van der Waals surface area contributed by atoms with Gasteiger partial charge in [-0.1, -0.05) is 23.7 Å². The van der Waals surface area contributed by atoms with Gasteiger partial charge in [0, 0.05) is 5.02 Å². The van der Waals surface area contributed by atoms with E-state index >= 15 is 0 Å². The fourth-order valence-electron chi connectivity index (χ4n) is 2.45. The zero-order chi connectivity index (χ0) is 11.0. The van der Waals surface area contributed by atoms with Crippen molar-refractivity contribution in [3.8, 4) is 0 Å². The molecule has 0 radical (unpaired) electrons. The average molecular weight is 236 g/mol. The predicted octanol–water partition coefficient (Wildman–Crippen LogP) is 3.19. The minimum absolute atomic E-state index is 0.346. The summed E-state index contributed by atoms with van der Waals surface area (Å²) >= 11 is 5.91. The van der Waals surface area contributed by atoms with Crippen molar-refractivity contribution in [2.75, 3.05) is 6.61 Å². The standard InChI is InChI=1S/C13H14ClNO/c14-11-3-1-10(2-4-11)13(5-6-13)7-12-8-16-9-15-12/h1-4,9,12H,5-8H2. The van der Waals surface area contributed by atoms with E-state index in [2.05, 4.69) is 17.1 Å².